The van der Waals surface area contributed by atoms with Crippen LogP contribution in [0.2, 0.25) is 10.0 Å². The maximum Gasteiger partial charge on any atom is 0.142 e. The SMILES string of the molecule is CCOCCOc1c(Cl)cc(Cl)cc1CCl. The lowest BCUT2D eigenvalue weighted by Crippen LogP contribution is -2.07. The van der Waals surface area contributed by atoms with Crippen LogP contribution in [0, 0.1) is 0 Å². The van der Waals surface area contributed by atoms with Crippen molar-refractivity contribution in [2.24, 2.45) is 0 Å². The van der Waals surface area contributed by atoms with Crippen LogP contribution >= 0.6 is 34.8 Å². The van der Waals surface area contributed by atoms with Gasteiger partial charge >= 0.3 is 0 Å². The van der Waals surface area contributed by atoms with Crippen molar-refractivity contribution >= 4 is 34.8 Å². The van der Waals surface area contributed by atoms with Gasteiger partial charge in [0, 0.05) is 17.2 Å². The molecule has 0 unspecified atom stereocenters. The van der Waals surface area contributed by atoms with E-state index in [1.807, 2.05) is 6.92 Å². The van der Waals surface area contributed by atoms with Crippen LogP contribution in [0.4, 0.5) is 0 Å². The number of halogens is 3. The Morgan fingerprint density at radius 3 is 2.56 bits per heavy atom. The summed E-state index contributed by atoms with van der Waals surface area (Å²) in [6, 6.07) is 3.38. The normalized spacial score (nSPS) is 10.5. The largest absolute Gasteiger partial charge is 0.489 e. The smallest absolute Gasteiger partial charge is 0.142 e. The molecule has 5 heteroatoms. The number of ether oxygens (including phenoxy) is 2. The first kappa shape index (κ1) is 13.9. The molecule has 0 saturated carbocycles. The molecule has 0 N–H and O–H groups in total. The summed E-state index contributed by atoms with van der Waals surface area (Å²) in [4.78, 5) is 0. The van der Waals surface area contributed by atoms with E-state index >= 15 is 0 Å². The summed E-state index contributed by atoms with van der Waals surface area (Å²) in [5.74, 6) is 0.894. The van der Waals surface area contributed by atoms with E-state index in [9.17, 15) is 0 Å². The van der Waals surface area contributed by atoms with Crippen LogP contribution in [0.15, 0.2) is 12.1 Å². The minimum atomic E-state index is 0.310. The van der Waals surface area contributed by atoms with Gasteiger partial charge < -0.3 is 9.47 Å². The zero-order valence-corrected chi connectivity index (χ0v) is 11.2. The average Bonchev–Trinajstić information content (AvgIpc) is 2.26. The summed E-state index contributed by atoms with van der Waals surface area (Å²) in [6.07, 6.45) is 0. The minimum absolute atomic E-state index is 0.310. The van der Waals surface area contributed by atoms with Gasteiger partial charge in [-0.15, -0.1) is 11.6 Å². The van der Waals surface area contributed by atoms with E-state index < -0.39 is 0 Å². The van der Waals surface area contributed by atoms with E-state index in [1.54, 1.807) is 12.1 Å². The average molecular weight is 284 g/mol. The molecule has 0 heterocycles. The highest BCUT2D eigenvalue weighted by Gasteiger charge is 2.09. The third kappa shape index (κ3) is 4.02. The van der Waals surface area contributed by atoms with Gasteiger partial charge in [0.05, 0.1) is 17.5 Å². The maximum absolute atomic E-state index is 6.02. The van der Waals surface area contributed by atoms with E-state index in [4.69, 9.17) is 44.3 Å². The number of benzene rings is 1. The molecule has 0 atom stereocenters. The fourth-order valence-electron chi connectivity index (χ4n) is 1.22. The Morgan fingerprint density at radius 2 is 1.94 bits per heavy atom. The van der Waals surface area contributed by atoms with Gasteiger partial charge in [-0.1, -0.05) is 23.2 Å². The van der Waals surface area contributed by atoms with Gasteiger partial charge in [-0.25, -0.2) is 0 Å². The molecule has 0 radical (unpaired) electrons. The van der Waals surface area contributed by atoms with E-state index in [2.05, 4.69) is 0 Å². The number of rotatable bonds is 6. The molecule has 0 spiro atoms. The van der Waals surface area contributed by atoms with Crippen LogP contribution in [0.5, 0.6) is 5.75 Å². The maximum atomic E-state index is 6.02. The van der Waals surface area contributed by atoms with Gasteiger partial charge in [0.15, 0.2) is 0 Å². The van der Waals surface area contributed by atoms with Gasteiger partial charge in [-0.3, -0.25) is 0 Å². The van der Waals surface area contributed by atoms with Crippen LogP contribution in [-0.2, 0) is 10.6 Å². The summed E-state index contributed by atoms with van der Waals surface area (Å²) in [5, 5.41) is 1.03. The van der Waals surface area contributed by atoms with Crippen molar-refractivity contribution < 1.29 is 9.47 Å². The van der Waals surface area contributed by atoms with Crippen molar-refractivity contribution in [1.29, 1.82) is 0 Å². The van der Waals surface area contributed by atoms with E-state index in [1.165, 1.54) is 0 Å². The number of hydrogen-bond acceptors (Lipinski definition) is 2. The molecular weight excluding hydrogens is 270 g/mol. The zero-order chi connectivity index (χ0) is 12.0. The third-order valence-electron chi connectivity index (χ3n) is 1.91. The molecule has 90 valence electrons. The van der Waals surface area contributed by atoms with Crippen molar-refractivity contribution in [2.45, 2.75) is 12.8 Å². The molecule has 1 aromatic rings. The monoisotopic (exact) mass is 282 g/mol. The van der Waals surface area contributed by atoms with Gasteiger partial charge in [-0.2, -0.15) is 0 Å². The van der Waals surface area contributed by atoms with Crippen LogP contribution in [0.1, 0.15) is 12.5 Å². The molecule has 1 aromatic carbocycles. The molecule has 1 rings (SSSR count). The Hall–Kier alpha value is -0.150. The van der Waals surface area contributed by atoms with Crippen LogP contribution in [0.25, 0.3) is 0 Å². The molecule has 0 amide bonds. The summed E-state index contributed by atoms with van der Waals surface area (Å²) >= 11 is 17.7. The number of hydrogen-bond donors (Lipinski definition) is 0. The summed E-state index contributed by atoms with van der Waals surface area (Å²) in [7, 11) is 0. The molecule has 2 nitrogen and oxygen atoms in total. The Morgan fingerprint density at radius 1 is 1.19 bits per heavy atom. The lowest BCUT2D eigenvalue weighted by Gasteiger charge is -2.12. The summed E-state index contributed by atoms with van der Waals surface area (Å²) in [5.41, 5.74) is 0.788. The van der Waals surface area contributed by atoms with Crippen LogP contribution in [-0.4, -0.2) is 19.8 Å². The Kier molecular flexibility index (Phi) is 6.29. The highest BCUT2D eigenvalue weighted by Crippen LogP contribution is 2.33. The summed E-state index contributed by atoms with van der Waals surface area (Å²) < 4.78 is 10.7. The van der Waals surface area contributed by atoms with Gasteiger partial charge in [0.2, 0.25) is 0 Å². The van der Waals surface area contributed by atoms with E-state index in [0.717, 1.165) is 5.56 Å². The number of alkyl halides is 1. The molecular formula is C11H13Cl3O2. The first-order valence-corrected chi connectivity index (χ1v) is 6.22. The van der Waals surface area contributed by atoms with Crippen LogP contribution in [0.3, 0.4) is 0 Å². The molecule has 0 bridgehead atoms. The third-order valence-corrected chi connectivity index (χ3v) is 2.69. The topological polar surface area (TPSA) is 18.5 Å². The predicted molar refractivity (Wildman–Crippen MR) is 68.0 cm³/mol. The molecule has 0 aliphatic rings. The van der Waals surface area contributed by atoms with E-state index in [0.29, 0.717) is 41.5 Å². The predicted octanol–water partition coefficient (Wildman–Crippen LogP) is 4.15. The fraction of sp³-hybridized carbons (Fsp3) is 0.455. The van der Waals surface area contributed by atoms with Crippen molar-refractivity contribution in [2.75, 3.05) is 19.8 Å². The highest BCUT2D eigenvalue weighted by atomic mass is 35.5. The van der Waals surface area contributed by atoms with E-state index in [-0.39, 0.29) is 0 Å². The highest BCUT2D eigenvalue weighted by molar-refractivity contribution is 6.35. The first-order chi connectivity index (χ1) is 7.69. The second-order valence-electron chi connectivity index (χ2n) is 3.05. The molecule has 0 saturated heterocycles. The van der Waals surface area contributed by atoms with Crippen LogP contribution < -0.4 is 4.74 Å². The van der Waals surface area contributed by atoms with Crippen molar-refractivity contribution in [3.8, 4) is 5.75 Å². The zero-order valence-electron chi connectivity index (χ0n) is 8.93. The molecule has 16 heavy (non-hydrogen) atoms. The molecule has 0 fully saturated rings. The van der Waals surface area contributed by atoms with Gasteiger partial charge in [0.25, 0.3) is 0 Å². The Labute approximate surface area is 110 Å². The first-order valence-electron chi connectivity index (χ1n) is 4.93. The van der Waals surface area contributed by atoms with Crippen molar-refractivity contribution in [1.82, 2.24) is 0 Å². The lowest BCUT2D eigenvalue weighted by molar-refractivity contribution is 0.110. The molecule has 0 aliphatic carbocycles. The minimum Gasteiger partial charge on any atom is -0.489 e. The molecule has 0 aromatic heterocycles. The Balaban J connectivity index is 2.70. The fourth-order valence-corrected chi connectivity index (χ4v) is 2.01. The second-order valence-corrected chi connectivity index (χ2v) is 4.17. The quantitative estimate of drug-likeness (QED) is 0.577. The summed E-state index contributed by atoms with van der Waals surface area (Å²) in [6.45, 7) is 3.57. The van der Waals surface area contributed by atoms with Gasteiger partial charge in [-0.05, 0) is 19.1 Å². The van der Waals surface area contributed by atoms with Crippen molar-refractivity contribution in [3.05, 3.63) is 27.7 Å². The second kappa shape index (κ2) is 7.23. The lowest BCUT2D eigenvalue weighted by atomic mass is 10.2. The van der Waals surface area contributed by atoms with Gasteiger partial charge in [0.1, 0.15) is 12.4 Å². The molecule has 0 aliphatic heterocycles. The Bertz CT molecular complexity index is 342. The van der Waals surface area contributed by atoms with Crippen molar-refractivity contribution in [3.63, 3.8) is 0 Å². The standard InChI is InChI=1S/C11H13Cl3O2/c1-2-15-3-4-16-11-8(7-12)5-9(13)6-10(11)14/h5-6H,2-4,7H2,1H3.